The summed E-state index contributed by atoms with van der Waals surface area (Å²) in [6.07, 6.45) is 0.688. The van der Waals surface area contributed by atoms with Gasteiger partial charge in [0.05, 0.1) is 23.4 Å². The van der Waals surface area contributed by atoms with Crippen LogP contribution in [0.5, 0.6) is 0 Å². The highest BCUT2D eigenvalue weighted by Crippen LogP contribution is 2.21. The normalized spacial score (nSPS) is 12.2. The highest BCUT2D eigenvalue weighted by molar-refractivity contribution is 7.89. The topological polar surface area (TPSA) is 133 Å². The summed E-state index contributed by atoms with van der Waals surface area (Å²) in [4.78, 5) is 11.4. The van der Waals surface area contributed by atoms with E-state index in [1.165, 1.54) is 19.1 Å². The fourth-order valence-electron chi connectivity index (χ4n) is 1.53. The van der Waals surface area contributed by atoms with Gasteiger partial charge >= 0.3 is 16.1 Å². The number of sulfonamides is 1. The van der Waals surface area contributed by atoms with Crippen LogP contribution in [0.25, 0.3) is 0 Å². The molecule has 0 aliphatic heterocycles. The summed E-state index contributed by atoms with van der Waals surface area (Å²) in [6, 6.07) is 4.03. The quantitative estimate of drug-likeness (QED) is 0.541. The Kier molecular flexibility index (Phi) is 4.86. The lowest BCUT2D eigenvalue weighted by Crippen LogP contribution is -2.31. The monoisotopic (exact) mass is 322 g/mol. The van der Waals surface area contributed by atoms with E-state index in [0.29, 0.717) is 6.26 Å². The molecule has 1 rings (SSSR count). The minimum absolute atomic E-state index is 0.258. The van der Waals surface area contributed by atoms with Crippen molar-refractivity contribution in [3.8, 4) is 0 Å². The van der Waals surface area contributed by atoms with Crippen molar-refractivity contribution in [2.24, 2.45) is 5.73 Å². The van der Waals surface area contributed by atoms with E-state index in [9.17, 15) is 21.6 Å². The van der Waals surface area contributed by atoms with Crippen molar-refractivity contribution in [3.63, 3.8) is 0 Å². The molecule has 8 nitrogen and oxygen atoms in total. The Morgan fingerprint density at radius 1 is 1.30 bits per heavy atom. The lowest BCUT2D eigenvalue weighted by molar-refractivity contribution is 0.0744. The number of nitrogens with two attached hydrogens (primary N) is 1. The third-order valence-corrected chi connectivity index (χ3v) is 4.28. The Balaban J connectivity index is 3.43. The molecular formula is C10H14N2O6S2. The summed E-state index contributed by atoms with van der Waals surface area (Å²) in [7, 11) is -8.09. The van der Waals surface area contributed by atoms with Crippen molar-refractivity contribution in [3.05, 3.63) is 29.3 Å². The molecule has 0 radical (unpaired) electrons. The summed E-state index contributed by atoms with van der Waals surface area (Å²) in [5.74, 6) is -1.27. The van der Waals surface area contributed by atoms with Gasteiger partial charge in [-0.05, 0) is 18.6 Å². The molecule has 0 aliphatic rings. The number of carbonyl (C=O) groups excluding carboxylic acids is 1. The molecule has 1 aromatic carbocycles. The molecule has 0 saturated heterocycles. The van der Waals surface area contributed by atoms with Gasteiger partial charge in [-0.2, -0.15) is 13.1 Å². The van der Waals surface area contributed by atoms with Crippen LogP contribution >= 0.6 is 0 Å². The highest BCUT2D eigenvalue weighted by Gasteiger charge is 2.26. The summed E-state index contributed by atoms with van der Waals surface area (Å²) in [6.45, 7) is 1.10. The molecule has 10 heteroatoms. The SMILES string of the molecule is Cc1cccc(C(=O)OS(C)(=O)=O)c1S(=O)(=O)NCN. The third-order valence-electron chi connectivity index (χ3n) is 2.20. The zero-order valence-corrected chi connectivity index (χ0v) is 12.4. The molecule has 0 aromatic heterocycles. The lowest BCUT2D eigenvalue weighted by atomic mass is 10.1. The van der Waals surface area contributed by atoms with Gasteiger partial charge in [-0.3, -0.25) is 0 Å². The van der Waals surface area contributed by atoms with Crippen LogP contribution in [0.2, 0.25) is 0 Å². The van der Waals surface area contributed by atoms with E-state index in [0.717, 1.165) is 6.07 Å². The van der Waals surface area contributed by atoms with Gasteiger partial charge < -0.3 is 9.92 Å². The second-order valence-corrected chi connectivity index (χ2v) is 7.16. The first kappa shape index (κ1) is 16.6. The standard InChI is InChI=1S/C10H14N2O6S2/c1-7-4-3-5-8(10(13)18-19(2,14)15)9(7)20(16,17)12-6-11/h3-5,12H,6,11H2,1-2H3. The Morgan fingerprint density at radius 2 is 1.90 bits per heavy atom. The maximum Gasteiger partial charge on any atom is 0.355 e. The second kappa shape index (κ2) is 5.87. The molecule has 0 fully saturated rings. The molecule has 1 aromatic rings. The van der Waals surface area contributed by atoms with Gasteiger partial charge in [-0.25, -0.2) is 13.2 Å². The van der Waals surface area contributed by atoms with Crippen LogP contribution in [-0.2, 0) is 24.3 Å². The third kappa shape index (κ3) is 4.00. The van der Waals surface area contributed by atoms with Crippen LogP contribution in [0.3, 0.4) is 0 Å². The number of nitrogens with one attached hydrogen (secondary N) is 1. The van der Waals surface area contributed by atoms with E-state index in [4.69, 9.17) is 5.73 Å². The first-order valence-electron chi connectivity index (χ1n) is 5.31. The van der Waals surface area contributed by atoms with Crippen molar-refractivity contribution < 1.29 is 25.8 Å². The molecule has 20 heavy (non-hydrogen) atoms. The number of rotatable bonds is 5. The van der Waals surface area contributed by atoms with E-state index < -0.39 is 26.1 Å². The molecule has 0 bridgehead atoms. The molecule has 0 atom stereocenters. The molecule has 112 valence electrons. The largest absolute Gasteiger partial charge is 0.355 e. The van der Waals surface area contributed by atoms with Crippen LogP contribution in [0, 0.1) is 6.92 Å². The molecule has 0 spiro atoms. The van der Waals surface area contributed by atoms with Crippen LogP contribution in [0.1, 0.15) is 15.9 Å². The summed E-state index contributed by atoms with van der Waals surface area (Å²) in [5, 5.41) is 0. The fraction of sp³-hybridized carbons (Fsp3) is 0.300. The molecule has 3 N–H and O–H groups in total. The van der Waals surface area contributed by atoms with Crippen LogP contribution in [-0.4, -0.2) is 35.7 Å². The minimum Gasteiger partial charge on any atom is -0.341 e. The van der Waals surface area contributed by atoms with Crippen LogP contribution in [0.15, 0.2) is 23.1 Å². The van der Waals surface area contributed by atoms with Crippen LogP contribution < -0.4 is 10.5 Å². The van der Waals surface area contributed by atoms with E-state index in [1.54, 1.807) is 0 Å². The van der Waals surface area contributed by atoms with Crippen molar-refractivity contribution in [2.75, 3.05) is 12.9 Å². The summed E-state index contributed by atoms with van der Waals surface area (Å²) >= 11 is 0. The van der Waals surface area contributed by atoms with Crippen molar-refractivity contribution in [2.45, 2.75) is 11.8 Å². The lowest BCUT2D eigenvalue weighted by Gasteiger charge is -2.12. The van der Waals surface area contributed by atoms with E-state index in [-0.39, 0.29) is 22.7 Å². The van der Waals surface area contributed by atoms with Crippen molar-refractivity contribution >= 4 is 26.1 Å². The van der Waals surface area contributed by atoms with Gasteiger partial charge in [0.1, 0.15) is 0 Å². The average molecular weight is 322 g/mol. The average Bonchev–Trinajstić information content (AvgIpc) is 2.25. The Hall–Kier alpha value is -1.49. The van der Waals surface area contributed by atoms with Gasteiger partial charge in [0.25, 0.3) is 0 Å². The van der Waals surface area contributed by atoms with Crippen LogP contribution in [0.4, 0.5) is 0 Å². The number of hydrogen-bond donors (Lipinski definition) is 2. The minimum atomic E-state index is -4.05. The molecule has 0 aliphatic carbocycles. The van der Waals surface area contributed by atoms with E-state index >= 15 is 0 Å². The van der Waals surface area contributed by atoms with Gasteiger partial charge in [-0.1, -0.05) is 12.1 Å². The number of benzene rings is 1. The van der Waals surface area contributed by atoms with E-state index in [2.05, 4.69) is 4.18 Å². The second-order valence-electron chi connectivity index (χ2n) is 3.88. The Labute approximate surface area is 117 Å². The summed E-state index contributed by atoms with van der Waals surface area (Å²) in [5.41, 5.74) is 5.01. The first-order valence-corrected chi connectivity index (χ1v) is 8.61. The molecule has 0 unspecified atom stereocenters. The Bertz CT molecular complexity index is 724. The van der Waals surface area contributed by atoms with Gasteiger partial charge in [0.2, 0.25) is 10.0 Å². The molecular weight excluding hydrogens is 308 g/mol. The Morgan fingerprint density at radius 3 is 2.40 bits per heavy atom. The maximum atomic E-state index is 12.0. The number of hydrogen-bond acceptors (Lipinski definition) is 7. The predicted molar refractivity (Wildman–Crippen MR) is 70.8 cm³/mol. The predicted octanol–water partition coefficient (Wildman–Crippen LogP) is -0.694. The highest BCUT2D eigenvalue weighted by atomic mass is 32.2. The maximum absolute atomic E-state index is 12.0. The molecule has 0 heterocycles. The zero-order chi connectivity index (χ0) is 15.6. The molecule has 0 saturated carbocycles. The van der Waals surface area contributed by atoms with Crippen molar-refractivity contribution in [1.82, 2.24) is 4.72 Å². The van der Waals surface area contributed by atoms with Gasteiger partial charge in [-0.15, -0.1) is 0 Å². The van der Waals surface area contributed by atoms with Gasteiger partial charge in [0.15, 0.2) is 0 Å². The number of aryl methyl sites for hydroxylation is 1. The van der Waals surface area contributed by atoms with Crippen molar-refractivity contribution in [1.29, 1.82) is 0 Å². The first-order chi connectivity index (χ1) is 9.08. The smallest absolute Gasteiger partial charge is 0.341 e. The zero-order valence-electron chi connectivity index (χ0n) is 10.8. The fourth-order valence-corrected chi connectivity index (χ4v) is 3.20. The number of carbonyl (C=O) groups is 1. The van der Waals surface area contributed by atoms with Gasteiger partial charge in [0, 0.05) is 0 Å². The molecule has 0 amide bonds. The summed E-state index contributed by atoms with van der Waals surface area (Å²) < 4.78 is 52.1. The van der Waals surface area contributed by atoms with E-state index in [1.807, 2.05) is 4.72 Å².